The van der Waals surface area contributed by atoms with Crippen molar-refractivity contribution in [3.05, 3.63) is 35.4 Å². The summed E-state index contributed by atoms with van der Waals surface area (Å²) >= 11 is 0. The fourth-order valence-corrected chi connectivity index (χ4v) is 2.60. The summed E-state index contributed by atoms with van der Waals surface area (Å²) in [6.07, 6.45) is 2.39. The average Bonchev–Trinajstić information content (AvgIpc) is 2.98. The summed E-state index contributed by atoms with van der Waals surface area (Å²) in [5.41, 5.74) is 1.50. The predicted molar refractivity (Wildman–Crippen MR) is 91.3 cm³/mol. The molecule has 1 atom stereocenters. The van der Waals surface area contributed by atoms with Gasteiger partial charge >= 0.3 is 0 Å². The summed E-state index contributed by atoms with van der Waals surface area (Å²) in [5.74, 6) is -0.281. The van der Waals surface area contributed by atoms with Crippen LogP contribution in [0.5, 0.6) is 0 Å². The Morgan fingerprint density at radius 1 is 1.25 bits per heavy atom. The van der Waals surface area contributed by atoms with Gasteiger partial charge in [0.2, 0.25) is 11.8 Å². The molecule has 1 aliphatic heterocycles. The maximum Gasteiger partial charge on any atom is 0.251 e. The van der Waals surface area contributed by atoms with Crippen LogP contribution in [-0.4, -0.2) is 41.8 Å². The van der Waals surface area contributed by atoms with Gasteiger partial charge in [0, 0.05) is 31.6 Å². The van der Waals surface area contributed by atoms with Crippen molar-refractivity contribution >= 4 is 17.7 Å². The predicted octanol–water partition coefficient (Wildman–Crippen LogP) is 1.45. The maximum atomic E-state index is 12.2. The van der Waals surface area contributed by atoms with E-state index in [1.165, 1.54) is 0 Å². The molecule has 0 saturated carbocycles. The van der Waals surface area contributed by atoms with E-state index in [4.69, 9.17) is 0 Å². The standard InChI is InChI=1S/C18H25N3O3/c1-3-10-19-17(23)13(2)20-18(24)15-8-6-14(7-9-15)12-21-11-4-5-16(21)22/h6-9,13H,3-5,10-12H2,1-2H3,(H,19,23)(H,20,24)/t13-/m1/s1. The number of nitrogens with one attached hydrogen (secondary N) is 2. The number of benzene rings is 1. The first-order chi connectivity index (χ1) is 11.5. The highest BCUT2D eigenvalue weighted by Gasteiger charge is 2.20. The van der Waals surface area contributed by atoms with Gasteiger partial charge in [-0.25, -0.2) is 0 Å². The smallest absolute Gasteiger partial charge is 0.251 e. The highest BCUT2D eigenvalue weighted by molar-refractivity contribution is 5.97. The molecule has 24 heavy (non-hydrogen) atoms. The first-order valence-corrected chi connectivity index (χ1v) is 8.46. The Kier molecular flexibility index (Phi) is 6.35. The molecule has 1 aromatic carbocycles. The summed E-state index contributed by atoms with van der Waals surface area (Å²) in [4.78, 5) is 37.4. The molecule has 6 nitrogen and oxygen atoms in total. The summed E-state index contributed by atoms with van der Waals surface area (Å²) in [7, 11) is 0. The van der Waals surface area contributed by atoms with Crippen LogP contribution in [0.2, 0.25) is 0 Å². The quantitative estimate of drug-likeness (QED) is 0.794. The highest BCUT2D eigenvalue weighted by atomic mass is 16.2. The molecule has 2 rings (SSSR count). The first kappa shape index (κ1) is 18.0. The number of carbonyl (C=O) groups is 3. The molecular formula is C18H25N3O3. The molecule has 1 heterocycles. The lowest BCUT2D eigenvalue weighted by molar-refractivity contribution is -0.128. The molecule has 1 aromatic rings. The maximum absolute atomic E-state index is 12.2. The minimum atomic E-state index is -0.578. The van der Waals surface area contributed by atoms with Crippen molar-refractivity contribution in [3.8, 4) is 0 Å². The van der Waals surface area contributed by atoms with Gasteiger partial charge in [-0.05, 0) is 37.5 Å². The van der Waals surface area contributed by atoms with Gasteiger partial charge in [0.15, 0.2) is 0 Å². The Bertz CT molecular complexity index is 598. The van der Waals surface area contributed by atoms with E-state index < -0.39 is 6.04 Å². The van der Waals surface area contributed by atoms with Crippen LogP contribution in [0.1, 0.15) is 49.0 Å². The molecule has 0 aliphatic carbocycles. The van der Waals surface area contributed by atoms with Crippen LogP contribution in [0.25, 0.3) is 0 Å². The van der Waals surface area contributed by atoms with Gasteiger partial charge < -0.3 is 15.5 Å². The topological polar surface area (TPSA) is 78.5 Å². The lowest BCUT2D eigenvalue weighted by Gasteiger charge is -2.16. The Morgan fingerprint density at radius 2 is 1.96 bits per heavy atom. The number of hydrogen-bond donors (Lipinski definition) is 2. The number of hydrogen-bond acceptors (Lipinski definition) is 3. The van der Waals surface area contributed by atoms with E-state index in [1.54, 1.807) is 19.1 Å². The number of nitrogens with zero attached hydrogens (tertiary/aromatic N) is 1. The molecule has 0 unspecified atom stereocenters. The molecule has 0 spiro atoms. The van der Waals surface area contributed by atoms with Crippen molar-refractivity contribution in [3.63, 3.8) is 0 Å². The molecule has 130 valence electrons. The van der Waals surface area contributed by atoms with E-state index in [0.29, 0.717) is 25.1 Å². The molecule has 0 bridgehead atoms. The van der Waals surface area contributed by atoms with Crippen molar-refractivity contribution in [2.24, 2.45) is 0 Å². The van der Waals surface area contributed by atoms with Gasteiger partial charge in [0.25, 0.3) is 5.91 Å². The minimum absolute atomic E-state index is 0.184. The second-order valence-electron chi connectivity index (χ2n) is 6.10. The minimum Gasteiger partial charge on any atom is -0.354 e. The van der Waals surface area contributed by atoms with Crippen molar-refractivity contribution in [1.29, 1.82) is 0 Å². The highest BCUT2D eigenvalue weighted by Crippen LogP contribution is 2.14. The number of likely N-dealkylation sites (tertiary alicyclic amines) is 1. The third kappa shape index (κ3) is 4.81. The zero-order chi connectivity index (χ0) is 17.5. The van der Waals surface area contributed by atoms with Crippen molar-refractivity contribution in [2.45, 2.75) is 45.7 Å². The number of rotatable bonds is 7. The lowest BCUT2D eigenvalue weighted by atomic mass is 10.1. The van der Waals surface area contributed by atoms with Gasteiger partial charge in [0.1, 0.15) is 6.04 Å². The normalized spacial score (nSPS) is 15.2. The summed E-state index contributed by atoms with van der Waals surface area (Å²) in [6.45, 7) is 5.61. The third-order valence-corrected chi connectivity index (χ3v) is 4.05. The molecular weight excluding hydrogens is 306 g/mol. The number of amides is 3. The van der Waals surface area contributed by atoms with Crippen molar-refractivity contribution < 1.29 is 14.4 Å². The van der Waals surface area contributed by atoms with Crippen molar-refractivity contribution in [2.75, 3.05) is 13.1 Å². The molecule has 0 aromatic heterocycles. The second-order valence-corrected chi connectivity index (χ2v) is 6.10. The molecule has 0 radical (unpaired) electrons. The summed E-state index contributed by atoms with van der Waals surface area (Å²) in [6, 6.07) is 6.57. The zero-order valence-electron chi connectivity index (χ0n) is 14.3. The average molecular weight is 331 g/mol. The van der Waals surface area contributed by atoms with Crippen molar-refractivity contribution in [1.82, 2.24) is 15.5 Å². The SMILES string of the molecule is CCCNC(=O)[C@@H](C)NC(=O)c1ccc(CN2CCCC2=O)cc1. The van der Waals surface area contributed by atoms with Crippen LogP contribution >= 0.6 is 0 Å². The van der Waals surface area contributed by atoms with Crippen LogP contribution < -0.4 is 10.6 Å². The molecule has 1 fully saturated rings. The summed E-state index contributed by atoms with van der Waals surface area (Å²) in [5, 5.41) is 5.44. The second kappa shape index (κ2) is 8.47. The van der Waals surface area contributed by atoms with Gasteiger partial charge in [-0.2, -0.15) is 0 Å². The van der Waals surface area contributed by atoms with Gasteiger partial charge in [-0.15, -0.1) is 0 Å². The zero-order valence-corrected chi connectivity index (χ0v) is 14.3. The van der Waals surface area contributed by atoms with Gasteiger partial charge in [-0.3, -0.25) is 14.4 Å². The Morgan fingerprint density at radius 3 is 2.54 bits per heavy atom. The van der Waals surface area contributed by atoms with E-state index in [2.05, 4.69) is 10.6 Å². The molecule has 1 aliphatic rings. The Hall–Kier alpha value is -2.37. The van der Waals surface area contributed by atoms with Gasteiger partial charge in [-0.1, -0.05) is 19.1 Å². The van der Waals surface area contributed by atoms with Crippen LogP contribution in [-0.2, 0) is 16.1 Å². The van der Waals surface area contributed by atoms with E-state index in [1.807, 2.05) is 24.0 Å². The van der Waals surface area contributed by atoms with Crippen LogP contribution in [0.3, 0.4) is 0 Å². The Labute approximate surface area is 142 Å². The van der Waals surface area contributed by atoms with E-state index in [-0.39, 0.29) is 17.7 Å². The Balaban J connectivity index is 1.88. The van der Waals surface area contributed by atoms with Crippen LogP contribution in [0, 0.1) is 0 Å². The first-order valence-electron chi connectivity index (χ1n) is 8.46. The van der Waals surface area contributed by atoms with Gasteiger partial charge in [0.05, 0.1) is 0 Å². The van der Waals surface area contributed by atoms with Crippen LogP contribution in [0.4, 0.5) is 0 Å². The largest absolute Gasteiger partial charge is 0.354 e. The van der Waals surface area contributed by atoms with E-state index >= 15 is 0 Å². The van der Waals surface area contributed by atoms with E-state index in [0.717, 1.165) is 24.9 Å². The number of carbonyl (C=O) groups excluding carboxylic acids is 3. The lowest BCUT2D eigenvalue weighted by Crippen LogP contribution is -2.45. The van der Waals surface area contributed by atoms with E-state index in [9.17, 15) is 14.4 Å². The molecule has 3 amide bonds. The monoisotopic (exact) mass is 331 g/mol. The fraction of sp³-hybridized carbons (Fsp3) is 0.500. The summed E-state index contributed by atoms with van der Waals surface area (Å²) < 4.78 is 0. The fourth-order valence-electron chi connectivity index (χ4n) is 2.60. The molecule has 6 heteroatoms. The molecule has 2 N–H and O–H groups in total. The molecule has 1 saturated heterocycles. The van der Waals surface area contributed by atoms with Crippen LogP contribution in [0.15, 0.2) is 24.3 Å². The third-order valence-electron chi connectivity index (χ3n) is 4.05.